The van der Waals surface area contributed by atoms with Gasteiger partial charge in [-0.25, -0.2) is 4.39 Å². The van der Waals surface area contributed by atoms with Crippen LogP contribution in [0.15, 0.2) is 28.2 Å². The summed E-state index contributed by atoms with van der Waals surface area (Å²) < 4.78 is 14.3. The van der Waals surface area contributed by atoms with Gasteiger partial charge in [-0.1, -0.05) is 40.6 Å². The molecule has 0 saturated carbocycles. The van der Waals surface area contributed by atoms with Crippen molar-refractivity contribution in [3.05, 3.63) is 39.6 Å². The number of nitrogens with one attached hydrogen (secondary N) is 1. The lowest BCUT2D eigenvalue weighted by atomic mass is 10.1. The van der Waals surface area contributed by atoms with Crippen molar-refractivity contribution in [1.82, 2.24) is 5.32 Å². The first-order valence-electron chi connectivity index (χ1n) is 5.41. The number of likely N-dealkylation sites (N-methyl/N-ethyl adjacent to an activating group) is 1. The molecule has 0 fully saturated rings. The van der Waals surface area contributed by atoms with Gasteiger partial charge in [0.25, 0.3) is 0 Å². The first-order chi connectivity index (χ1) is 7.54. The molecule has 0 aliphatic rings. The van der Waals surface area contributed by atoms with Crippen LogP contribution in [0.2, 0.25) is 0 Å². The average molecular weight is 286 g/mol. The quantitative estimate of drug-likeness (QED) is 0.882. The molecule has 0 heterocycles. The molecule has 0 amide bonds. The number of hydrogen-bond donors (Lipinski definition) is 1. The van der Waals surface area contributed by atoms with Crippen LogP contribution in [0.3, 0.4) is 0 Å². The molecule has 0 aliphatic heterocycles. The third-order valence-corrected chi connectivity index (χ3v) is 3.03. The van der Waals surface area contributed by atoms with E-state index < -0.39 is 0 Å². The molecule has 0 saturated heterocycles. The molecule has 1 rings (SSSR count). The van der Waals surface area contributed by atoms with Crippen LogP contribution in [0.1, 0.15) is 26.3 Å². The van der Waals surface area contributed by atoms with Crippen molar-refractivity contribution >= 4 is 22.0 Å². The summed E-state index contributed by atoms with van der Waals surface area (Å²) in [7, 11) is 0. The highest BCUT2D eigenvalue weighted by molar-refractivity contribution is 9.10. The Labute approximate surface area is 105 Å². The molecule has 0 spiro atoms. The van der Waals surface area contributed by atoms with Crippen LogP contribution in [0.4, 0.5) is 4.39 Å². The van der Waals surface area contributed by atoms with E-state index in [-0.39, 0.29) is 11.9 Å². The van der Waals surface area contributed by atoms with Gasteiger partial charge in [-0.2, -0.15) is 0 Å². The first kappa shape index (κ1) is 13.4. The summed E-state index contributed by atoms with van der Waals surface area (Å²) in [5, 5.41) is 3.30. The van der Waals surface area contributed by atoms with Gasteiger partial charge in [0.15, 0.2) is 0 Å². The van der Waals surface area contributed by atoms with Crippen LogP contribution in [0, 0.1) is 5.82 Å². The van der Waals surface area contributed by atoms with Crippen molar-refractivity contribution in [3.8, 4) is 0 Å². The van der Waals surface area contributed by atoms with Gasteiger partial charge >= 0.3 is 0 Å². The van der Waals surface area contributed by atoms with Gasteiger partial charge in [0.05, 0.1) is 0 Å². The van der Waals surface area contributed by atoms with Crippen molar-refractivity contribution in [2.45, 2.75) is 26.8 Å². The fraction of sp³-hybridized carbons (Fsp3) is 0.385. The standard InChI is InChI=1S/C13H17BrFN/c1-4-16-10(3)9(2)7-11-5-6-12(14)8-13(11)15/h5-8,10,16H,4H2,1-3H3/b9-7+. The summed E-state index contributed by atoms with van der Waals surface area (Å²) >= 11 is 3.24. The highest BCUT2D eigenvalue weighted by Crippen LogP contribution is 2.18. The van der Waals surface area contributed by atoms with E-state index in [0.29, 0.717) is 5.56 Å². The topological polar surface area (TPSA) is 12.0 Å². The Morgan fingerprint density at radius 2 is 2.25 bits per heavy atom. The zero-order valence-electron chi connectivity index (χ0n) is 9.85. The number of benzene rings is 1. The van der Waals surface area contributed by atoms with Gasteiger partial charge in [-0.15, -0.1) is 0 Å². The van der Waals surface area contributed by atoms with Crippen LogP contribution in [0.5, 0.6) is 0 Å². The van der Waals surface area contributed by atoms with E-state index in [9.17, 15) is 4.39 Å². The molecule has 0 aromatic heterocycles. The maximum Gasteiger partial charge on any atom is 0.131 e. The van der Waals surface area contributed by atoms with Crippen molar-refractivity contribution < 1.29 is 4.39 Å². The summed E-state index contributed by atoms with van der Waals surface area (Å²) in [5.74, 6) is -0.197. The Hall–Kier alpha value is -0.670. The predicted molar refractivity (Wildman–Crippen MR) is 70.9 cm³/mol. The maximum absolute atomic E-state index is 13.6. The molecule has 1 N–H and O–H groups in total. The summed E-state index contributed by atoms with van der Waals surface area (Å²) in [5.41, 5.74) is 1.76. The molecule has 0 aliphatic carbocycles. The van der Waals surface area contributed by atoms with Crippen molar-refractivity contribution in [1.29, 1.82) is 0 Å². The van der Waals surface area contributed by atoms with Gasteiger partial charge in [0.1, 0.15) is 5.82 Å². The van der Waals surface area contributed by atoms with Crippen molar-refractivity contribution in [3.63, 3.8) is 0 Å². The molecule has 1 aromatic rings. The minimum Gasteiger partial charge on any atom is -0.311 e. The number of hydrogen-bond acceptors (Lipinski definition) is 1. The summed E-state index contributed by atoms with van der Waals surface area (Å²) in [4.78, 5) is 0. The van der Waals surface area contributed by atoms with E-state index in [4.69, 9.17) is 0 Å². The van der Waals surface area contributed by atoms with Crippen LogP contribution in [-0.2, 0) is 0 Å². The molecule has 1 atom stereocenters. The van der Waals surface area contributed by atoms with Crippen LogP contribution >= 0.6 is 15.9 Å². The zero-order chi connectivity index (χ0) is 12.1. The largest absolute Gasteiger partial charge is 0.311 e. The van der Waals surface area contributed by atoms with E-state index >= 15 is 0 Å². The highest BCUT2D eigenvalue weighted by Gasteiger charge is 2.04. The minimum atomic E-state index is -0.197. The zero-order valence-corrected chi connectivity index (χ0v) is 11.4. The molecular weight excluding hydrogens is 269 g/mol. The molecule has 0 radical (unpaired) electrons. The highest BCUT2D eigenvalue weighted by atomic mass is 79.9. The van der Waals surface area contributed by atoms with Crippen molar-refractivity contribution in [2.75, 3.05) is 6.54 Å². The lowest BCUT2D eigenvalue weighted by Gasteiger charge is -2.13. The lowest BCUT2D eigenvalue weighted by Crippen LogP contribution is -2.26. The van der Waals surface area contributed by atoms with E-state index in [1.165, 1.54) is 6.07 Å². The normalized spacial score (nSPS) is 13.9. The third-order valence-electron chi connectivity index (χ3n) is 2.54. The summed E-state index contributed by atoms with van der Waals surface area (Å²) in [6, 6.07) is 5.38. The van der Waals surface area contributed by atoms with Gasteiger partial charge in [0.2, 0.25) is 0 Å². The molecular formula is C13H17BrFN. The Kier molecular flexibility index (Phi) is 5.16. The Bertz CT molecular complexity index is 388. The first-order valence-corrected chi connectivity index (χ1v) is 6.20. The van der Waals surface area contributed by atoms with Crippen LogP contribution < -0.4 is 5.32 Å². The van der Waals surface area contributed by atoms with Gasteiger partial charge in [0, 0.05) is 16.1 Å². The summed E-state index contributed by atoms with van der Waals surface area (Å²) in [6.07, 6.45) is 1.88. The van der Waals surface area contributed by atoms with Gasteiger partial charge in [-0.3, -0.25) is 0 Å². The van der Waals surface area contributed by atoms with Crippen molar-refractivity contribution in [2.24, 2.45) is 0 Å². The van der Waals surface area contributed by atoms with Crippen LogP contribution in [0.25, 0.3) is 6.08 Å². The second-order valence-corrected chi connectivity index (χ2v) is 4.75. The minimum absolute atomic E-state index is 0.197. The van der Waals surface area contributed by atoms with E-state index in [1.54, 1.807) is 6.07 Å². The second kappa shape index (κ2) is 6.16. The fourth-order valence-electron chi connectivity index (χ4n) is 1.46. The van der Waals surface area contributed by atoms with Gasteiger partial charge < -0.3 is 5.32 Å². The molecule has 88 valence electrons. The molecule has 16 heavy (non-hydrogen) atoms. The van der Waals surface area contributed by atoms with E-state index in [0.717, 1.165) is 16.6 Å². The Morgan fingerprint density at radius 1 is 1.56 bits per heavy atom. The Balaban J connectivity index is 2.89. The molecule has 0 bridgehead atoms. The molecule has 1 aromatic carbocycles. The SMILES string of the molecule is CCNC(C)/C(C)=C/c1ccc(Br)cc1F. The van der Waals surface area contributed by atoms with E-state index in [2.05, 4.69) is 35.1 Å². The number of rotatable bonds is 4. The predicted octanol–water partition coefficient (Wildman–Crippen LogP) is 3.99. The maximum atomic E-state index is 13.6. The molecule has 3 heteroatoms. The molecule has 1 unspecified atom stereocenters. The number of halogens is 2. The fourth-order valence-corrected chi connectivity index (χ4v) is 1.79. The smallest absolute Gasteiger partial charge is 0.131 e. The Morgan fingerprint density at radius 3 is 2.81 bits per heavy atom. The van der Waals surface area contributed by atoms with Gasteiger partial charge in [-0.05, 0) is 32.5 Å². The third kappa shape index (κ3) is 3.72. The second-order valence-electron chi connectivity index (χ2n) is 3.83. The van der Waals surface area contributed by atoms with Crippen LogP contribution in [-0.4, -0.2) is 12.6 Å². The summed E-state index contributed by atoms with van der Waals surface area (Å²) in [6.45, 7) is 7.06. The monoisotopic (exact) mass is 285 g/mol. The molecule has 1 nitrogen and oxygen atoms in total. The average Bonchev–Trinajstić information content (AvgIpc) is 2.22. The van der Waals surface area contributed by atoms with E-state index in [1.807, 2.05) is 19.1 Å². The lowest BCUT2D eigenvalue weighted by molar-refractivity contribution is 0.621.